The summed E-state index contributed by atoms with van der Waals surface area (Å²) in [6, 6.07) is 21.9. The van der Waals surface area contributed by atoms with E-state index in [4.69, 9.17) is 4.74 Å². The molecule has 4 aromatic rings. The monoisotopic (exact) mass is 426 g/mol. The van der Waals surface area contributed by atoms with Crippen molar-refractivity contribution in [3.8, 4) is 5.75 Å². The summed E-state index contributed by atoms with van der Waals surface area (Å²) in [6.45, 7) is 5.22. The predicted octanol–water partition coefficient (Wildman–Crippen LogP) is 4.68. The third-order valence-electron chi connectivity index (χ3n) is 5.88. The van der Waals surface area contributed by atoms with Crippen LogP contribution in [0.25, 0.3) is 10.9 Å². The van der Waals surface area contributed by atoms with E-state index >= 15 is 0 Å². The maximum absolute atomic E-state index is 11.2. The van der Waals surface area contributed by atoms with Crippen LogP contribution < -0.4 is 10.2 Å². The SMILES string of the molecule is Cc1ccc2ccc(C(Nc3ccccn3)c3ccc(N4CCOCC4)cc3)c(O)c2n1. The Morgan fingerprint density at radius 2 is 1.75 bits per heavy atom. The van der Waals surface area contributed by atoms with Crippen LogP contribution in [0.15, 0.2) is 72.9 Å². The van der Waals surface area contributed by atoms with E-state index in [0.717, 1.165) is 54.3 Å². The number of anilines is 2. The summed E-state index contributed by atoms with van der Waals surface area (Å²) in [7, 11) is 0. The number of hydrogen-bond acceptors (Lipinski definition) is 6. The van der Waals surface area contributed by atoms with Crippen molar-refractivity contribution in [2.75, 3.05) is 36.5 Å². The minimum Gasteiger partial charge on any atom is -0.505 e. The van der Waals surface area contributed by atoms with Crippen LogP contribution in [0.4, 0.5) is 11.5 Å². The summed E-state index contributed by atoms with van der Waals surface area (Å²) in [5, 5.41) is 15.6. The number of aromatic nitrogens is 2. The number of aromatic hydroxyl groups is 1. The Hall–Kier alpha value is -3.64. The molecule has 0 saturated carbocycles. The molecule has 162 valence electrons. The lowest BCUT2D eigenvalue weighted by molar-refractivity contribution is 0.122. The zero-order chi connectivity index (χ0) is 21.9. The van der Waals surface area contributed by atoms with Crippen molar-refractivity contribution in [1.29, 1.82) is 0 Å². The molecule has 1 atom stereocenters. The lowest BCUT2D eigenvalue weighted by Gasteiger charge is -2.29. The number of nitrogens with one attached hydrogen (secondary N) is 1. The summed E-state index contributed by atoms with van der Waals surface area (Å²) in [4.78, 5) is 11.3. The molecule has 1 aliphatic heterocycles. The van der Waals surface area contributed by atoms with Crippen molar-refractivity contribution in [2.45, 2.75) is 13.0 Å². The molecule has 3 heterocycles. The second-order valence-corrected chi connectivity index (χ2v) is 8.01. The predicted molar refractivity (Wildman–Crippen MR) is 127 cm³/mol. The van der Waals surface area contributed by atoms with Crippen LogP contribution >= 0.6 is 0 Å². The summed E-state index contributed by atoms with van der Waals surface area (Å²) >= 11 is 0. The van der Waals surface area contributed by atoms with E-state index in [2.05, 4.69) is 44.5 Å². The van der Waals surface area contributed by atoms with Crippen LogP contribution in [0.2, 0.25) is 0 Å². The highest BCUT2D eigenvalue weighted by Gasteiger charge is 2.21. The molecular weight excluding hydrogens is 400 g/mol. The highest BCUT2D eigenvalue weighted by Crippen LogP contribution is 2.37. The third-order valence-corrected chi connectivity index (χ3v) is 5.88. The van der Waals surface area contributed by atoms with E-state index < -0.39 is 0 Å². The van der Waals surface area contributed by atoms with Crippen LogP contribution in [-0.4, -0.2) is 41.4 Å². The van der Waals surface area contributed by atoms with Gasteiger partial charge in [-0.1, -0.05) is 36.4 Å². The smallest absolute Gasteiger partial charge is 0.147 e. The molecule has 1 aliphatic rings. The number of rotatable bonds is 5. The molecule has 32 heavy (non-hydrogen) atoms. The number of pyridine rings is 2. The van der Waals surface area contributed by atoms with E-state index in [0.29, 0.717) is 5.52 Å². The van der Waals surface area contributed by atoms with Gasteiger partial charge >= 0.3 is 0 Å². The molecule has 5 rings (SSSR count). The zero-order valence-corrected chi connectivity index (χ0v) is 18.0. The number of phenolic OH excluding ortho intramolecular Hbond substituents is 1. The normalized spacial score (nSPS) is 15.0. The number of hydrogen-bond donors (Lipinski definition) is 2. The van der Waals surface area contributed by atoms with Crippen molar-refractivity contribution in [1.82, 2.24) is 9.97 Å². The van der Waals surface area contributed by atoms with Crippen molar-refractivity contribution >= 4 is 22.4 Å². The van der Waals surface area contributed by atoms with Crippen LogP contribution in [0.5, 0.6) is 5.75 Å². The molecule has 0 aliphatic carbocycles. The molecule has 6 nitrogen and oxygen atoms in total. The molecule has 6 heteroatoms. The molecule has 2 aromatic carbocycles. The Balaban J connectivity index is 1.55. The number of aryl methyl sites for hydroxylation is 1. The Kier molecular flexibility index (Phi) is 5.60. The van der Waals surface area contributed by atoms with Crippen molar-refractivity contribution in [3.63, 3.8) is 0 Å². The maximum Gasteiger partial charge on any atom is 0.147 e. The van der Waals surface area contributed by atoms with Crippen LogP contribution in [0.3, 0.4) is 0 Å². The fourth-order valence-electron chi connectivity index (χ4n) is 4.16. The first kappa shape index (κ1) is 20.3. The zero-order valence-electron chi connectivity index (χ0n) is 18.0. The average molecular weight is 427 g/mol. The standard InChI is InChI=1S/C26H26N4O2/c1-18-5-6-20-9-12-22(26(31)25(20)28-18)24(29-23-4-2-3-13-27-23)19-7-10-21(11-8-19)30-14-16-32-17-15-30/h2-13,24,31H,14-17H2,1H3,(H,27,29). The number of fused-ring (bicyclic) bond motifs is 1. The topological polar surface area (TPSA) is 70.5 Å². The summed E-state index contributed by atoms with van der Waals surface area (Å²) in [5.74, 6) is 0.934. The van der Waals surface area contributed by atoms with Gasteiger partial charge in [-0.2, -0.15) is 0 Å². The molecule has 0 radical (unpaired) electrons. The van der Waals surface area contributed by atoms with Gasteiger partial charge < -0.3 is 20.1 Å². The van der Waals surface area contributed by atoms with Crippen molar-refractivity contribution in [3.05, 3.63) is 89.7 Å². The molecule has 0 spiro atoms. The summed E-state index contributed by atoms with van der Waals surface area (Å²) < 4.78 is 5.47. The molecule has 2 aromatic heterocycles. The van der Waals surface area contributed by atoms with Gasteiger partial charge in [-0.3, -0.25) is 0 Å². The fourth-order valence-corrected chi connectivity index (χ4v) is 4.16. The number of phenols is 1. The number of ether oxygens (including phenoxy) is 1. The van der Waals surface area contributed by atoms with Gasteiger partial charge in [0, 0.05) is 41.6 Å². The molecular formula is C26H26N4O2. The molecule has 0 amide bonds. The quantitative estimate of drug-likeness (QED) is 0.483. The van der Waals surface area contributed by atoms with E-state index in [1.807, 2.05) is 49.4 Å². The van der Waals surface area contributed by atoms with Gasteiger partial charge in [0.25, 0.3) is 0 Å². The Labute approximate surface area is 187 Å². The first-order valence-electron chi connectivity index (χ1n) is 10.9. The number of nitrogens with zero attached hydrogens (tertiary/aromatic N) is 3. The Bertz CT molecular complexity index is 1210. The maximum atomic E-state index is 11.2. The lowest BCUT2D eigenvalue weighted by Crippen LogP contribution is -2.36. The van der Waals surface area contributed by atoms with Gasteiger partial charge in [0.05, 0.1) is 19.3 Å². The van der Waals surface area contributed by atoms with Gasteiger partial charge in [0.1, 0.15) is 17.1 Å². The third kappa shape index (κ3) is 4.09. The van der Waals surface area contributed by atoms with E-state index in [-0.39, 0.29) is 11.8 Å². The second-order valence-electron chi connectivity index (χ2n) is 8.01. The molecule has 2 N–H and O–H groups in total. The van der Waals surface area contributed by atoms with Crippen LogP contribution in [0, 0.1) is 6.92 Å². The largest absolute Gasteiger partial charge is 0.505 e. The fraction of sp³-hybridized carbons (Fsp3) is 0.231. The minimum atomic E-state index is -0.282. The van der Waals surface area contributed by atoms with Crippen molar-refractivity contribution < 1.29 is 9.84 Å². The van der Waals surface area contributed by atoms with Gasteiger partial charge in [-0.15, -0.1) is 0 Å². The summed E-state index contributed by atoms with van der Waals surface area (Å²) in [6.07, 6.45) is 1.76. The molecule has 1 saturated heterocycles. The number of morpholine rings is 1. The molecule has 0 bridgehead atoms. The Morgan fingerprint density at radius 3 is 2.50 bits per heavy atom. The van der Waals surface area contributed by atoms with Gasteiger partial charge in [0.15, 0.2) is 0 Å². The average Bonchev–Trinajstić information content (AvgIpc) is 2.85. The molecule has 1 unspecified atom stereocenters. The second kappa shape index (κ2) is 8.85. The number of benzene rings is 2. The van der Waals surface area contributed by atoms with E-state index in [9.17, 15) is 5.11 Å². The first-order valence-corrected chi connectivity index (χ1v) is 10.9. The molecule has 1 fully saturated rings. The van der Waals surface area contributed by atoms with Crippen molar-refractivity contribution in [2.24, 2.45) is 0 Å². The highest BCUT2D eigenvalue weighted by molar-refractivity contribution is 5.86. The van der Waals surface area contributed by atoms with Gasteiger partial charge in [0.2, 0.25) is 0 Å². The van der Waals surface area contributed by atoms with Gasteiger partial charge in [-0.05, 0) is 42.8 Å². The van der Waals surface area contributed by atoms with Crippen LogP contribution in [0.1, 0.15) is 22.9 Å². The summed E-state index contributed by atoms with van der Waals surface area (Å²) in [5.41, 5.74) is 4.46. The minimum absolute atomic E-state index is 0.192. The Morgan fingerprint density at radius 1 is 0.969 bits per heavy atom. The lowest BCUT2D eigenvalue weighted by atomic mass is 9.95. The first-order chi connectivity index (χ1) is 15.7. The van der Waals surface area contributed by atoms with Gasteiger partial charge in [-0.25, -0.2) is 9.97 Å². The van der Waals surface area contributed by atoms with E-state index in [1.54, 1.807) is 6.20 Å². The van der Waals surface area contributed by atoms with E-state index in [1.165, 1.54) is 5.69 Å². The highest BCUT2D eigenvalue weighted by atomic mass is 16.5. The van der Waals surface area contributed by atoms with Crippen LogP contribution in [-0.2, 0) is 4.74 Å².